The Morgan fingerprint density at radius 3 is 2.75 bits per heavy atom. The van der Waals surface area contributed by atoms with Gasteiger partial charge in [-0.2, -0.15) is 0 Å². The molecule has 0 spiro atoms. The number of fused-ring (bicyclic) bond motifs is 1. The van der Waals surface area contributed by atoms with E-state index < -0.39 is 0 Å². The van der Waals surface area contributed by atoms with Gasteiger partial charge < -0.3 is 9.88 Å². The van der Waals surface area contributed by atoms with Crippen LogP contribution >= 0.6 is 8.58 Å². The van der Waals surface area contributed by atoms with Gasteiger partial charge in [0.05, 0.1) is 5.70 Å². The van der Waals surface area contributed by atoms with Crippen LogP contribution in [0.25, 0.3) is 5.70 Å². The molecule has 150 valence electrons. The molecule has 2 amide bonds. The molecule has 1 N–H and O–H groups in total. The number of hydrogen-bond acceptors (Lipinski definition) is 3. The fourth-order valence-corrected chi connectivity index (χ4v) is 4.10. The van der Waals surface area contributed by atoms with Gasteiger partial charge in [-0.1, -0.05) is 40.3 Å². The molecule has 28 heavy (non-hydrogen) atoms. The molecule has 1 atom stereocenters. The maximum Gasteiger partial charge on any atom is 0.329 e. The zero-order chi connectivity index (χ0) is 20.3. The van der Waals surface area contributed by atoms with Crippen LogP contribution in [0.4, 0.5) is 10.6 Å². The Kier molecular flexibility index (Phi) is 6.53. The van der Waals surface area contributed by atoms with Crippen LogP contribution in [-0.4, -0.2) is 54.3 Å². The van der Waals surface area contributed by atoms with Crippen LogP contribution < -0.4 is 15.5 Å². The van der Waals surface area contributed by atoms with Gasteiger partial charge in [-0.05, 0) is 43.1 Å². The first kappa shape index (κ1) is 20.6. The van der Waals surface area contributed by atoms with Crippen LogP contribution in [0, 0.1) is 0 Å². The van der Waals surface area contributed by atoms with Crippen molar-refractivity contribution in [3.8, 4) is 0 Å². The van der Waals surface area contributed by atoms with E-state index in [1.54, 1.807) is 23.9 Å². The average molecular weight is 399 g/mol. The summed E-state index contributed by atoms with van der Waals surface area (Å²) in [7, 11) is 4.32. The number of hydrogen-bond donors (Lipinski definition) is 1. The van der Waals surface area contributed by atoms with E-state index in [0.717, 1.165) is 52.6 Å². The van der Waals surface area contributed by atoms with Gasteiger partial charge >= 0.3 is 6.03 Å². The lowest BCUT2D eigenvalue weighted by atomic mass is 10.2. The summed E-state index contributed by atoms with van der Waals surface area (Å²) in [6.45, 7) is 11.1. The summed E-state index contributed by atoms with van der Waals surface area (Å²) < 4.78 is 2.24. The molecule has 0 radical (unpaired) electrons. The van der Waals surface area contributed by atoms with Crippen molar-refractivity contribution >= 4 is 31.4 Å². The summed E-state index contributed by atoms with van der Waals surface area (Å²) in [6, 6.07) is 8.60. The number of aryl methyl sites for hydroxylation is 1. The van der Waals surface area contributed by atoms with Crippen molar-refractivity contribution < 1.29 is 4.79 Å². The van der Waals surface area contributed by atoms with Crippen molar-refractivity contribution in [1.82, 2.24) is 19.8 Å². The molecule has 1 aromatic carbocycles. The second kappa shape index (κ2) is 8.89. The minimum atomic E-state index is -0.101. The number of carbonyl (C=O) groups is 1. The van der Waals surface area contributed by atoms with E-state index in [2.05, 4.69) is 54.3 Å². The minimum Gasteiger partial charge on any atom is -0.320 e. The molecule has 6 nitrogen and oxygen atoms in total. The molecule has 0 fully saturated rings. The first-order chi connectivity index (χ1) is 13.5. The minimum absolute atomic E-state index is 0.101. The molecular formula is C21H30N5OP. The van der Waals surface area contributed by atoms with Crippen LogP contribution in [0.2, 0.25) is 0 Å². The largest absolute Gasteiger partial charge is 0.329 e. The number of imidazole rings is 1. The molecule has 0 bridgehead atoms. The topological polar surface area (TPSA) is 53.4 Å². The standard InChI is InChI=1S/C21H30N5OP/c1-6-22-12-8-11-18-23-20-19(15(2)24(3)21(27)25(20)4)26(18)14-16-9-7-10-17(13-16)28-5/h7,9-10,13,22,28H,2,6,8,11-12,14H2,1,3-5H3. The molecule has 1 aliphatic heterocycles. The van der Waals surface area contributed by atoms with Crippen LogP contribution in [0.1, 0.15) is 30.4 Å². The molecule has 0 saturated heterocycles. The Balaban J connectivity index is 2.00. The first-order valence-corrected chi connectivity index (χ1v) is 11.2. The lowest BCUT2D eigenvalue weighted by molar-refractivity contribution is 0.230. The van der Waals surface area contributed by atoms with Gasteiger partial charge in [0.2, 0.25) is 0 Å². The lowest BCUT2D eigenvalue weighted by Crippen LogP contribution is -2.42. The summed E-state index contributed by atoms with van der Waals surface area (Å²) in [5.74, 6) is 1.71. The number of amides is 2. The summed E-state index contributed by atoms with van der Waals surface area (Å²) in [4.78, 5) is 20.6. The molecule has 1 unspecified atom stereocenters. The third-order valence-electron chi connectivity index (χ3n) is 5.16. The van der Waals surface area contributed by atoms with Gasteiger partial charge in [0.25, 0.3) is 0 Å². The Hall–Kier alpha value is -2.17. The number of nitrogens with one attached hydrogen (secondary N) is 1. The quantitative estimate of drug-likeness (QED) is 0.549. The van der Waals surface area contributed by atoms with Crippen molar-refractivity contribution in [3.63, 3.8) is 0 Å². The number of carbonyl (C=O) groups excluding carboxylic acids is 1. The predicted molar refractivity (Wildman–Crippen MR) is 119 cm³/mol. The summed E-state index contributed by atoms with van der Waals surface area (Å²) in [6.07, 6.45) is 1.86. The van der Waals surface area contributed by atoms with Crippen molar-refractivity contribution in [2.45, 2.75) is 26.3 Å². The van der Waals surface area contributed by atoms with Crippen LogP contribution in [0.3, 0.4) is 0 Å². The van der Waals surface area contributed by atoms with Gasteiger partial charge in [0, 0.05) is 27.1 Å². The third-order valence-corrected chi connectivity index (χ3v) is 6.05. The normalized spacial score (nSPS) is 14.4. The Morgan fingerprint density at radius 2 is 2.04 bits per heavy atom. The third kappa shape index (κ3) is 3.98. The van der Waals surface area contributed by atoms with E-state index in [-0.39, 0.29) is 6.03 Å². The van der Waals surface area contributed by atoms with Crippen LogP contribution in [-0.2, 0) is 13.0 Å². The van der Waals surface area contributed by atoms with E-state index >= 15 is 0 Å². The second-order valence-corrected chi connectivity index (χ2v) is 8.12. The molecule has 2 aromatic rings. The second-order valence-electron chi connectivity index (χ2n) is 7.04. The van der Waals surface area contributed by atoms with Crippen molar-refractivity contribution in [2.24, 2.45) is 0 Å². The number of anilines is 1. The molecule has 0 aliphatic carbocycles. The Bertz CT molecular complexity index is 876. The lowest BCUT2D eigenvalue weighted by Gasteiger charge is -2.32. The van der Waals surface area contributed by atoms with E-state index in [4.69, 9.17) is 4.98 Å². The molecule has 1 aliphatic rings. The van der Waals surface area contributed by atoms with Crippen molar-refractivity contribution in [1.29, 1.82) is 0 Å². The number of urea groups is 1. The van der Waals surface area contributed by atoms with Gasteiger partial charge in [-0.15, -0.1) is 0 Å². The first-order valence-electron chi connectivity index (χ1n) is 9.75. The van der Waals surface area contributed by atoms with Gasteiger partial charge in [-0.3, -0.25) is 9.80 Å². The maximum atomic E-state index is 12.5. The van der Waals surface area contributed by atoms with Gasteiger partial charge in [0.15, 0.2) is 5.82 Å². The zero-order valence-electron chi connectivity index (χ0n) is 17.2. The van der Waals surface area contributed by atoms with Crippen LogP contribution in [0.15, 0.2) is 30.8 Å². The number of aromatic nitrogens is 2. The summed E-state index contributed by atoms with van der Waals surface area (Å²) >= 11 is 0. The van der Waals surface area contributed by atoms with Crippen molar-refractivity contribution in [2.75, 3.05) is 38.7 Å². The highest BCUT2D eigenvalue weighted by atomic mass is 31.1. The summed E-state index contributed by atoms with van der Waals surface area (Å²) in [5, 5.41) is 4.72. The number of rotatable bonds is 8. The molecule has 2 heterocycles. The monoisotopic (exact) mass is 399 g/mol. The SMILES string of the molecule is C=C1c2c(nc(CCCNCC)n2Cc2cccc(PC)c2)N(C)C(=O)N1C. The average Bonchev–Trinajstić information content (AvgIpc) is 3.06. The van der Waals surface area contributed by atoms with E-state index in [0.29, 0.717) is 11.5 Å². The Labute approximate surface area is 169 Å². The zero-order valence-corrected chi connectivity index (χ0v) is 18.2. The van der Waals surface area contributed by atoms with Gasteiger partial charge in [0.1, 0.15) is 11.5 Å². The van der Waals surface area contributed by atoms with E-state index in [1.807, 2.05) is 0 Å². The molecule has 1 aromatic heterocycles. The highest BCUT2D eigenvalue weighted by Crippen LogP contribution is 2.34. The fourth-order valence-electron chi connectivity index (χ4n) is 3.51. The van der Waals surface area contributed by atoms with Crippen LogP contribution in [0.5, 0.6) is 0 Å². The predicted octanol–water partition coefficient (Wildman–Crippen LogP) is 2.88. The fraction of sp³-hybridized carbons (Fsp3) is 0.429. The smallest absolute Gasteiger partial charge is 0.320 e. The Morgan fingerprint density at radius 1 is 1.25 bits per heavy atom. The number of nitrogens with zero attached hydrogens (tertiary/aromatic N) is 4. The van der Waals surface area contributed by atoms with E-state index in [9.17, 15) is 4.79 Å². The molecular weight excluding hydrogens is 369 g/mol. The number of benzene rings is 1. The molecule has 3 rings (SSSR count). The van der Waals surface area contributed by atoms with E-state index in [1.165, 1.54) is 10.9 Å². The van der Waals surface area contributed by atoms with Crippen molar-refractivity contribution in [3.05, 3.63) is 47.9 Å². The molecule has 0 saturated carbocycles. The highest BCUT2D eigenvalue weighted by molar-refractivity contribution is 7.46. The maximum absolute atomic E-state index is 12.5. The molecule has 7 heteroatoms. The highest BCUT2D eigenvalue weighted by Gasteiger charge is 2.34. The summed E-state index contributed by atoms with van der Waals surface area (Å²) in [5.41, 5.74) is 2.89. The van der Waals surface area contributed by atoms with Gasteiger partial charge in [-0.25, -0.2) is 9.78 Å².